The Kier molecular flexibility index (Phi) is 5.44. The third-order valence-corrected chi connectivity index (χ3v) is 3.40. The smallest absolute Gasteiger partial charge is 0.138 e. The Bertz CT molecular complexity index is 551. The van der Waals surface area contributed by atoms with Crippen LogP contribution in [0, 0.1) is 17.7 Å². The minimum Gasteiger partial charge on any atom is -0.396 e. The van der Waals surface area contributed by atoms with Crippen LogP contribution in [0.3, 0.4) is 0 Å². The standard InChI is InChI=1S/C16H22FN3O/c1-12(2)9-20-16(18-11-19-20)8-14(10-21)7-13-3-5-15(17)6-4-13/h3-6,11-12,14,21H,7-10H2,1-2H3. The van der Waals surface area contributed by atoms with Crippen LogP contribution in [0.5, 0.6) is 0 Å². The molecule has 21 heavy (non-hydrogen) atoms. The van der Waals surface area contributed by atoms with Crippen LogP contribution in [-0.2, 0) is 19.4 Å². The van der Waals surface area contributed by atoms with Crippen LogP contribution in [-0.4, -0.2) is 26.5 Å². The highest BCUT2D eigenvalue weighted by Gasteiger charge is 2.14. The van der Waals surface area contributed by atoms with Gasteiger partial charge in [-0.2, -0.15) is 5.10 Å². The summed E-state index contributed by atoms with van der Waals surface area (Å²) in [4.78, 5) is 4.29. The lowest BCUT2D eigenvalue weighted by atomic mass is 9.96. The lowest BCUT2D eigenvalue weighted by Gasteiger charge is -2.15. The molecule has 0 amide bonds. The van der Waals surface area contributed by atoms with Gasteiger partial charge in [-0.05, 0) is 36.0 Å². The summed E-state index contributed by atoms with van der Waals surface area (Å²) in [5.41, 5.74) is 1.02. The van der Waals surface area contributed by atoms with Crippen LogP contribution in [0.2, 0.25) is 0 Å². The van der Waals surface area contributed by atoms with Crippen LogP contribution >= 0.6 is 0 Å². The van der Waals surface area contributed by atoms with E-state index in [2.05, 4.69) is 23.9 Å². The van der Waals surface area contributed by atoms with Crippen molar-refractivity contribution >= 4 is 0 Å². The van der Waals surface area contributed by atoms with E-state index >= 15 is 0 Å². The van der Waals surface area contributed by atoms with Gasteiger partial charge < -0.3 is 5.11 Å². The number of halogens is 1. The molecule has 1 atom stereocenters. The summed E-state index contributed by atoms with van der Waals surface area (Å²) >= 11 is 0. The van der Waals surface area contributed by atoms with Crippen molar-refractivity contribution in [1.82, 2.24) is 14.8 Å². The number of benzene rings is 1. The molecule has 1 heterocycles. The number of nitrogens with zero attached hydrogens (tertiary/aromatic N) is 3. The lowest BCUT2D eigenvalue weighted by molar-refractivity contribution is 0.221. The van der Waals surface area contributed by atoms with E-state index in [0.717, 1.165) is 17.9 Å². The van der Waals surface area contributed by atoms with Crippen molar-refractivity contribution in [2.75, 3.05) is 6.61 Å². The predicted molar refractivity (Wildman–Crippen MR) is 79.2 cm³/mol. The maximum atomic E-state index is 12.9. The van der Waals surface area contributed by atoms with E-state index in [1.807, 2.05) is 4.68 Å². The Hall–Kier alpha value is -1.75. The van der Waals surface area contributed by atoms with Gasteiger partial charge >= 0.3 is 0 Å². The first-order chi connectivity index (χ1) is 10.1. The van der Waals surface area contributed by atoms with E-state index < -0.39 is 0 Å². The molecule has 4 nitrogen and oxygen atoms in total. The van der Waals surface area contributed by atoms with Gasteiger partial charge in [-0.3, -0.25) is 0 Å². The molecule has 0 bridgehead atoms. The molecule has 0 aliphatic carbocycles. The van der Waals surface area contributed by atoms with Crippen molar-refractivity contribution in [3.8, 4) is 0 Å². The van der Waals surface area contributed by atoms with Gasteiger partial charge in [0.1, 0.15) is 18.0 Å². The summed E-state index contributed by atoms with van der Waals surface area (Å²) < 4.78 is 14.8. The van der Waals surface area contributed by atoms with E-state index in [9.17, 15) is 9.50 Å². The van der Waals surface area contributed by atoms with Crippen LogP contribution in [0.4, 0.5) is 4.39 Å². The lowest BCUT2D eigenvalue weighted by Crippen LogP contribution is -2.18. The largest absolute Gasteiger partial charge is 0.396 e. The van der Waals surface area contributed by atoms with Gasteiger partial charge in [-0.15, -0.1) is 0 Å². The maximum absolute atomic E-state index is 12.9. The summed E-state index contributed by atoms with van der Waals surface area (Å²) in [5.74, 6) is 1.21. The molecule has 0 aliphatic rings. The molecule has 5 heteroatoms. The van der Waals surface area contributed by atoms with Crippen LogP contribution < -0.4 is 0 Å². The van der Waals surface area contributed by atoms with Crippen LogP contribution in [0.15, 0.2) is 30.6 Å². The van der Waals surface area contributed by atoms with Gasteiger partial charge in [0.25, 0.3) is 0 Å². The SMILES string of the molecule is CC(C)Cn1ncnc1CC(CO)Cc1ccc(F)cc1. The zero-order valence-corrected chi connectivity index (χ0v) is 12.5. The van der Waals surface area contributed by atoms with Gasteiger partial charge in [0.2, 0.25) is 0 Å². The van der Waals surface area contributed by atoms with E-state index in [-0.39, 0.29) is 18.3 Å². The molecule has 0 aliphatic heterocycles. The first-order valence-corrected chi connectivity index (χ1v) is 7.30. The molecular formula is C16H22FN3O. The number of hydrogen-bond acceptors (Lipinski definition) is 3. The normalized spacial score (nSPS) is 12.8. The Morgan fingerprint density at radius 1 is 1.19 bits per heavy atom. The van der Waals surface area contributed by atoms with Crippen LogP contribution in [0.25, 0.3) is 0 Å². The third-order valence-electron chi connectivity index (χ3n) is 3.40. The molecule has 2 rings (SSSR count). The zero-order chi connectivity index (χ0) is 15.2. The molecule has 1 aromatic carbocycles. The fourth-order valence-electron chi connectivity index (χ4n) is 2.36. The predicted octanol–water partition coefficient (Wildman–Crippen LogP) is 2.47. The van der Waals surface area contributed by atoms with Gasteiger partial charge in [0, 0.05) is 19.6 Å². The molecule has 1 N–H and O–H groups in total. The number of aliphatic hydroxyl groups is 1. The van der Waals surface area contributed by atoms with Crippen molar-refractivity contribution in [1.29, 1.82) is 0 Å². The molecule has 0 saturated carbocycles. The quantitative estimate of drug-likeness (QED) is 0.852. The number of hydrogen-bond donors (Lipinski definition) is 1. The number of aliphatic hydroxyl groups excluding tert-OH is 1. The molecule has 114 valence electrons. The topological polar surface area (TPSA) is 50.9 Å². The molecule has 0 saturated heterocycles. The summed E-state index contributed by atoms with van der Waals surface area (Å²) in [6.45, 7) is 5.16. The minimum atomic E-state index is -0.240. The fraction of sp³-hybridized carbons (Fsp3) is 0.500. The molecule has 0 fully saturated rings. The summed E-state index contributed by atoms with van der Waals surface area (Å²) in [6.07, 6.45) is 2.93. The van der Waals surface area contributed by atoms with Gasteiger partial charge in [-0.25, -0.2) is 14.1 Å². The Morgan fingerprint density at radius 3 is 2.52 bits per heavy atom. The minimum absolute atomic E-state index is 0.0607. The van der Waals surface area contributed by atoms with Crippen molar-refractivity contribution in [2.45, 2.75) is 33.2 Å². The van der Waals surface area contributed by atoms with Crippen molar-refractivity contribution in [2.24, 2.45) is 11.8 Å². The third kappa shape index (κ3) is 4.63. The summed E-state index contributed by atoms with van der Waals surface area (Å²) in [7, 11) is 0. The average molecular weight is 291 g/mol. The first-order valence-electron chi connectivity index (χ1n) is 7.30. The average Bonchev–Trinajstić information content (AvgIpc) is 2.87. The van der Waals surface area contributed by atoms with Crippen molar-refractivity contribution < 1.29 is 9.50 Å². The molecular weight excluding hydrogens is 269 g/mol. The highest BCUT2D eigenvalue weighted by molar-refractivity contribution is 5.16. The zero-order valence-electron chi connectivity index (χ0n) is 12.5. The molecule has 1 aromatic heterocycles. The fourth-order valence-corrected chi connectivity index (χ4v) is 2.36. The first kappa shape index (κ1) is 15.6. The van der Waals surface area contributed by atoms with Gasteiger partial charge in [-0.1, -0.05) is 26.0 Å². The Morgan fingerprint density at radius 2 is 1.90 bits per heavy atom. The summed E-state index contributed by atoms with van der Waals surface area (Å²) in [5, 5.41) is 13.8. The second-order valence-electron chi connectivity index (χ2n) is 5.84. The second-order valence-corrected chi connectivity index (χ2v) is 5.84. The van der Waals surface area contributed by atoms with E-state index in [4.69, 9.17) is 0 Å². The highest BCUT2D eigenvalue weighted by atomic mass is 19.1. The Balaban J connectivity index is 2.02. The van der Waals surface area contributed by atoms with Gasteiger partial charge in [0.05, 0.1) is 0 Å². The second kappa shape index (κ2) is 7.31. The van der Waals surface area contributed by atoms with E-state index in [1.54, 1.807) is 18.5 Å². The molecule has 0 radical (unpaired) electrons. The van der Waals surface area contributed by atoms with E-state index in [0.29, 0.717) is 18.8 Å². The number of aromatic nitrogens is 3. The summed E-state index contributed by atoms with van der Waals surface area (Å²) in [6, 6.07) is 6.42. The monoisotopic (exact) mass is 291 g/mol. The molecule has 1 unspecified atom stereocenters. The van der Waals surface area contributed by atoms with E-state index in [1.165, 1.54) is 12.1 Å². The maximum Gasteiger partial charge on any atom is 0.138 e. The highest BCUT2D eigenvalue weighted by Crippen LogP contribution is 2.14. The van der Waals surface area contributed by atoms with Crippen molar-refractivity contribution in [3.63, 3.8) is 0 Å². The van der Waals surface area contributed by atoms with Crippen LogP contribution in [0.1, 0.15) is 25.2 Å². The molecule has 0 spiro atoms. The Labute approximate surface area is 124 Å². The van der Waals surface area contributed by atoms with Gasteiger partial charge in [0.15, 0.2) is 0 Å². The van der Waals surface area contributed by atoms with Crippen molar-refractivity contribution in [3.05, 3.63) is 47.8 Å². The number of rotatable bonds is 7. The molecule has 2 aromatic rings.